The van der Waals surface area contributed by atoms with E-state index in [1.807, 2.05) is 20.8 Å². The third-order valence-corrected chi connectivity index (χ3v) is 2.59. The van der Waals surface area contributed by atoms with Gasteiger partial charge in [-0.05, 0) is 12.8 Å². The average molecular weight is 680 g/mol. The number of ether oxygens (including phenoxy) is 3. The van der Waals surface area contributed by atoms with Crippen LogP contribution in [0, 0.1) is 5.92 Å². The largest absolute Gasteiger partial charge is 0.396 e. The minimum atomic E-state index is -0.273. The van der Waals surface area contributed by atoms with Gasteiger partial charge >= 0.3 is 0 Å². The summed E-state index contributed by atoms with van der Waals surface area (Å²) in [6.07, 6.45) is 1.42. The van der Waals surface area contributed by atoms with Gasteiger partial charge in [0.1, 0.15) is 0 Å². The van der Waals surface area contributed by atoms with Crippen LogP contribution in [0.2, 0.25) is 0 Å². The Morgan fingerprint density at radius 3 is 1.39 bits per heavy atom. The van der Waals surface area contributed by atoms with Gasteiger partial charge in [0, 0.05) is 76.0 Å². The molecule has 0 aromatic carbocycles. The van der Waals surface area contributed by atoms with Gasteiger partial charge in [-0.25, -0.2) is 0 Å². The molecule has 0 saturated carbocycles. The summed E-state index contributed by atoms with van der Waals surface area (Å²) >= 11 is 0. The van der Waals surface area contributed by atoms with Crippen LogP contribution < -0.4 is 0 Å². The Bertz CT molecular complexity index is 157. The molecule has 8 heteroatoms. The van der Waals surface area contributed by atoms with Crippen molar-refractivity contribution in [3.63, 3.8) is 0 Å². The third-order valence-electron chi connectivity index (χ3n) is 2.59. The molecule has 0 fully saturated rings. The molecular formula is C15H36O6W2. The van der Waals surface area contributed by atoms with Crippen molar-refractivity contribution in [2.45, 2.75) is 45.8 Å². The second-order valence-corrected chi connectivity index (χ2v) is 4.71. The molecule has 0 spiro atoms. The summed E-state index contributed by atoms with van der Waals surface area (Å²) in [6, 6.07) is 0. The zero-order valence-corrected chi connectivity index (χ0v) is 21.2. The van der Waals surface area contributed by atoms with Crippen LogP contribution in [0.5, 0.6) is 0 Å². The molecule has 0 bridgehead atoms. The predicted octanol–water partition coefficient (Wildman–Crippen LogP) is 1.06. The van der Waals surface area contributed by atoms with Crippen LogP contribution in [-0.2, 0) is 56.3 Å². The Labute approximate surface area is 170 Å². The van der Waals surface area contributed by atoms with Crippen molar-refractivity contribution in [3.8, 4) is 0 Å². The smallest absolute Gasteiger partial charge is 0.0799 e. The van der Waals surface area contributed by atoms with E-state index in [4.69, 9.17) is 24.8 Å². The number of hydrogen-bond acceptors (Lipinski definition) is 6. The maximum atomic E-state index is 8.73. The molecule has 3 unspecified atom stereocenters. The molecule has 0 aliphatic rings. The average Bonchev–Trinajstić information content (AvgIpc) is 2.50. The Balaban J connectivity index is -0.0000000675. The molecule has 0 rings (SSSR count). The predicted molar refractivity (Wildman–Crippen MR) is 84.5 cm³/mol. The van der Waals surface area contributed by atoms with Gasteiger partial charge in [-0.2, -0.15) is 0 Å². The number of aliphatic hydroxyl groups is 3. The van der Waals surface area contributed by atoms with Gasteiger partial charge in [-0.15, -0.1) is 0 Å². The number of hydrogen-bond donors (Lipinski definition) is 3. The van der Waals surface area contributed by atoms with Crippen molar-refractivity contribution < 1.29 is 71.7 Å². The van der Waals surface area contributed by atoms with E-state index in [1.165, 1.54) is 0 Å². The summed E-state index contributed by atoms with van der Waals surface area (Å²) in [6.45, 7) is 7.28. The standard InChI is InChI=1S/3C5H12O2.2W/c1-5(3-6)4-7-2;1-3-5(6)4-7-2;1-3-5(4-6)7-2;;/h3*5-6H,3-4H2,1-2H3;;. The monoisotopic (exact) mass is 680 g/mol. The summed E-state index contributed by atoms with van der Waals surface area (Å²) in [4.78, 5) is 0. The van der Waals surface area contributed by atoms with Gasteiger partial charge in [-0.1, -0.05) is 20.8 Å². The van der Waals surface area contributed by atoms with E-state index in [2.05, 4.69) is 4.74 Å². The molecule has 23 heavy (non-hydrogen) atoms. The summed E-state index contributed by atoms with van der Waals surface area (Å²) in [5.74, 6) is 0.282. The SMILES string of the molecule is CCC(CO)OC.CCC(O)COC.COCC(C)CO.[W].[W]. The van der Waals surface area contributed by atoms with Crippen LogP contribution in [-0.4, -0.2) is 75.3 Å². The first-order valence-electron chi connectivity index (χ1n) is 7.37. The molecule has 144 valence electrons. The fraction of sp³-hybridized carbons (Fsp3) is 1.00. The summed E-state index contributed by atoms with van der Waals surface area (Å²) in [5, 5.41) is 25.5. The minimum Gasteiger partial charge on any atom is -0.396 e. The van der Waals surface area contributed by atoms with Gasteiger partial charge in [0.05, 0.1) is 32.0 Å². The molecule has 0 aliphatic heterocycles. The molecule has 3 atom stereocenters. The molecular weight excluding hydrogens is 644 g/mol. The van der Waals surface area contributed by atoms with E-state index >= 15 is 0 Å². The molecule has 0 aromatic rings. The Morgan fingerprint density at radius 2 is 1.30 bits per heavy atom. The van der Waals surface area contributed by atoms with Gasteiger partial charge in [-0.3, -0.25) is 0 Å². The summed E-state index contributed by atoms with van der Waals surface area (Å²) < 4.78 is 14.2. The molecule has 0 radical (unpaired) electrons. The van der Waals surface area contributed by atoms with Crippen molar-refractivity contribution >= 4 is 0 Å². The maximum absolute atomic E-state index is 8.73. The maximum Gasteiger partial charge on any atom is 0.0799 e. The third kappa shape index (κ3) is 35.2. The van der Waals surface area contributed by atoms with Crippen molar-refractivity contribution in [2.75, 3.05) is 47.8 Å². The molecule has 0 heterocycles. The zero-order chi connectivity index (χ0) is 17.1. The number of methoxy groups -OCH3 is 3. The molecule has 0 saturated heterocycles. The normalized spacial score (nSPS) is 12.9. The first kappa shape index (κ1) is 35.3. The van der Waals surface area contributed by atoms with Gasteiger partial charge in [0.25, 0.3) is 0 Å². The van der Waals surface area contributed by atoms with Crippen molar-refractivity contribution in [3.05, 3.63) is 0 Å². The molecule has 0 amide bonds. The Hall–Kier alpha value is 1.14. The van der Waals surface area contributed by atoms with Crippen molar-refractivity contribution in [1.29, 1.82) is 0 Å². The van der Waals surface area contributed by atoms with Gasteiger partial charge in [0.2, 0.25) is 0 Å². The second-order valence-electron chi connectivity index (χ2n) is 4.71. The van der Waals surface area contributed by atoms with E-state index in [-0.39, 0.29) is 73.5 Å². The number of rotatable bonds is 9. The van der Waals surface area contributed by atoms with E-state index in [0.717, 1.165) is 12.8 Å². The topological polar surface area (TPSA) is 88.4 Å². The molecule has 6 nitrogen and oxygen atoms in total. The minimum absolute atomic E-state index is 0. The van der Waals surface area contributed by atoms with Crippen LogP contribution >= 0.6 is 0 Å². The first-order chi connectivity index (χ1) is 9.96. The summed E-state index contributed by atoms with van der Waals surface area (Å²) in [5.41, 5.74) is 0. The van der Waals surface area contributed by atoms with Gasteiger partial charge < -0.3 is 29.5 Å². The van der Waals surface area contributed by atoms with Crippen molar-refractivity contribution in [1.82, 2.24) is 0 Å². The van der Waals surface area contributed by atoms with Crippen LogP contribution in [0.1, 0.15) is 33.6 Å². The summed E-state index contributed by atoms with van der Waals surface area (Å²) in [7, 11) is 4.81. The van der Waals surface area contributed by atoms with Crippen molar-refractivity contribution in [2.24, 2.45) is 5.92 Å². The zero-order valence-electron chi connectivity index (χ0n) is 15.4. The fourth-order valence-corrected chi connectivity index (χ4v) is 1.02. The molecule has 0 aliphatic carbocycles. The van der Waals surface area contributed by atoms with Crippen LogP contribution in [0.25, 0.3) is 0 Å². The number of aliphatic hydroxyl groups excluding tert-OH is 3. The fourth-order valence-electron chi connectivity index (χ4n) is 1.02. The van der Waals surface area contributed by atoms with E-state index < -0.39 is 0 Å². The van der Waals surface area contributed by atoms with Crippen LogP contribution in [0.4, 0.5) is 0 Å². The molecule has 0 aromatic heterocycles. The molecule has 3 N–H and O–H groups in total. The quantitative estimate of drug-likeness (QED) is 0.338. The van der Waals surface area contributed by atoms with Crippen LogP contribution in [0.15, 0.2) is 0 Å². The van der Waals surface area contributed by atoms with E-state index in [0.29, 0.717) is 13.2 Å². The van der Waals surface area contributed by atoms with E-state index in [9.17, 15) is 0 Å². The first-order valence-corrected chi connectivity index (χ1v) is 7.37. The van der Waals surface area contributed by atoms with Gasteiger partial charge in [0.15, 0.2) is 0 Å². The van der Waals surface area contributed by atoms with Crippen LogP contribution in [0.3, 0.4) is 0 Å². The second kappa shape index (κ2) is 31.0. The van der Waals surface area contributed by atoms with E-state index in [1.54, 1.807) is 21.3 Å². The Kier molecular flexibility index (Phi) is 47.5. The Morgan fingerprint density at radius 1 is 0.826 bits per heavy atom.